The summed E-state index contributed by atoms with van der Waals surface area (Å²) in [4.78, 5) is 24.4. The van der Waals surface area contributed by atoms with Crippen LogP contribution < -0.4 is 10.4 Å². The first-order valence-corrected chi connectivity index (χ1v) is 11.8. The number of fused-ring (bicyclic) bond motifs is 8. The van der Waals surface area contributed by atoms with E-state index in [4.69, 9.17) is 4.98 Å². The predicted molar refractivity (Wildman–Crippen MR) is 138 cm³/mol. The third-order valence-electron chi connectivity index (χ3n) is 7.74. The summed E-state index contributed by atoms with van der Waals surface area (Å²) in [5.41, 5.74) is 6.15. The lowest BCUT2D eigenvalue weighted by atomic mass is 9.62. The van der Waals surface area contributed by atoms with E-state index in [-0.39, 0.29) is 5.78 Å². The highest BCUT2D eigenvalue weighted by Gasteiger charge is 2.54. The maximum absolute atomic E-state index is 15.0. The number of nitrogens with zero attached hydrogens (tertiary/aromatic N) is 2. The van der Waals surface area contributed by atoms with Crippen molar-refractivity contribution in [3.05, 3.63) is 136 Å². The van der Waals surface area contributed by atoms with E-state index in [1.54, 1.807) is 12.4 Å². The van der Waals surface area contributed by atoms with Crippen molar-refractivity contribution in [3.8, 4) is 11.4 Å². The highest BCUT2D eigenvalue weighted by Crippen LogP contribution is 2.54. The average Bonchev–Trinajstić information content (AvgIpc) is 3.20. The number of ketones is 1. The van der Waals surface area contributed by atoms with Crippen LogP contribution in [0.3, 0.4) is 0 Å². The van der Waals surface area contributed by atoms with Crippen LogP contribution in [-0.4, -0.2) is 15.8 Å². The lowest BCUT2D eigenvalue weighted by molar-refractivity contribution is 0.0953. The minimum Gasteiger partial charge on any atom is -0.292 e. The summed E-state index contributed by atoms with van der Waals surface area (Å²) in [5.74, 6) is 0.0562. The van der Waals surface area contributed by atoms with E-state index in [1.165, 1.54) is 0 Å². The van der Waals surface area contributed by atoms with E-state index >= 15 is 0 Å². The number of carbonyl (C=O) groups excluding carboxylic acids is 1. The summed E-state index contributed by atoms with van der Waals surface area (Å²) >= 11 is 0. The zero-order valence-electron chi connectivity index (χ0n) is 18.7. The van der Waals surface area contributed by atoms with Crippen molar-refractivity contribution < 1.29 is 4.79 Å². The smallest absolute Gasteiger partial charge is 0.184 e. The van der Waals surface area contributed by atoms with Gasteiger partial charge < -0.3 is 0 Å². The quantitative estimate of drug-likeness (QED) is 0.343. The molecule has 1 atom stereocenters. The summed E-state index contributed by atoms with van der Waals surface area (Å²) in [5, 5.41) is 4.53. The van der Waals surface area contributed by atoms with Crippen LogP contribution in [0.4, 0.5) is 0 Å². The minimum absolute atomic E-state index is 0.0562. The normalized spacial score (nSPS) is 18.8. The summed E-state index contributed by atoms with van der Waals surface area (Å²) in [6.07, 6.45) is 7.83. The van der Waals surface area contributed by atoms with Crippen molar-refractivity contribution >= 4 is 33.8 Å². The molecule has 3 heteroatoms. The van der Waals surface area contributed by atoms with Gasteiger partial charge in [-0.3, -0.25) is 14.8 Å². The van der Waals surface area contributed by atoms with Gasteiger partial charge in [-0.25, -0.2) is 0 Å². The molecule has 0 saturated carbocycles. The van der Waals surface area contributed by atoms with Crippen LogP contribution >= 0.6 is 0 Å². The molecule has 0 aliphatic heterocycles. The van der Waals surface area contributed by atoms with Gasteiger partial charge >= 0.3 is 0 Å². The third-order valence-corrected chi connectivity index (χ3v) is 7.74. The molecule has 3 aliphatic carbocycles. The van der Waals surface area contributed by atoms with E-state index < -0.39 is 5.41 Å². The van der Waals surface area contributed by atoms with Gasteiger partial charge in [-0.2, -0.15) is 0 Å². The van der Waals surface area contributed by atoms with Crippen molar-refractivity contribution in [2.24, 2.45) is 0 Å². The lowest BCUT2D eigenvalue weighted by Gasteiger charge is -2.37. The SMILES string of the molecule is O=C1c2cccnc2-c2ncccc2C2=c3c(ccc4ccccc34)=C3C=Cc4ccccc4C132. The fourth-order valence-corrected chi connectivity index (χ4v) is 6.41. The summed E-state index contributed by atoms with van der Waals surface area (Å²) in [6, 6.07) is 28.9. The molecule has 1 spiro atoms. The predicted octanol–water partition coefficient (Wildman–Crippen LogP) is 4.82. The fourth-order valence-electron chi connectivity index (χ4n) is 6.41. The maximum atomic E-state index is 15.0. The number of benzene rings is 3. The molecular formula is C32H18N2O. The second-order valence-electron chi connectivity index (χ2n) is 9.30. The topological polar surface area (TPSA) is 42.9 Å². The molecular weight excluding hydrogens is 428 g/mol. The van der Waals surface area contributed by atoms with Gasteiger partial charge in [0.2, 0.25) is 0 Å². The Morgan fingerprint density at radius 1 is 0.657 bits per heavy atom. The van der Waals surface area contributed by atoms with E-state index in [2.05, 4.69) is 71.7 Å². The number of allylic oxidation sites excluding steroid dienone is 1. The van der Waals surface area contributed by atoms with Gasteiger partial charge in [-0.15, -0.1) is 0 Å². The van der Waals surface area contributed by atoms with Crippen molar-refractivity contribution in [1.29, 1.82) is 0 Å². The zero-order valence-corrected chi connectivity index (χ0v) is 18.7. The van der Waals surface area contributed by atoms with Crippen molar-refractivity contribution in [2.45, 2.75) is 5.41 Å². The van der Waals surface area contributed by atoms with Crippen LogP contribution in [0.5, 0.6) is 0 Å². The Bertz CT molecular complexity index is 1930. The molecule has 3 nitrogen and oxygen atoms in total. The van der Waals surface area contributed by atoms with Crippen molar-refractivity contribution in [3.63, 3.8) is 0 Å². The Morgan fingerprint density at radius 3 is 2.29 bits per heavy atom. The Labute approximate surface area is 201 Å². The molecule has 1 unspecified atom stereocenters. The van der Waals surface area contributed by atoms with Gasteiger partial charge in [0.15, 0.2) is 5.78 Å². The minimum atomic E-state index is -0.968. The highest BCUT2D eigenvalue weighted by molar-refractivity contribution is 6.27. The first-order valence-electron chi connectivity index (χ1n) is 11.8. The maximum Gasteiger partial charge on any atom is 0.184 e. The van der Waals surface area contributed by atoms with E-state index in [0.29, 0.717) is 11.3 Å². The molecule has 0 bridgehead atoms. The molecule has 0 fully saturated rings. The standard InChI is InChI=1S/C32H18N2O/c35-31-24-11-6-18-34-30(24)29-23(10-5-17-33-29)28-27-21-9-3-1-7-19(21)13-15-22(27)26-16-14-20-8-2-4-12-25(20)32(26,28)31/h1-18H. The zero-order chi connectivity index (χ0) is 23.1. The van der Waals surface area contributed by atoms with Crippen LogP contribution in [0.1, 0.15) is 27.0 Å². The molecule has 0 saturated heterocycles. The lowest BCUT2D eigenvalue weighted by Crippen LogP contribution is -2.39. The van der Waals surface area contributed by atoms with Gasteiger partial charge in [0.05, 0.1) is 5.69 Å². The Balaban J connectivity index is 1.73. The number of rotatable bonds is 0. The van der Waals surface area contributed by atoms with Gasteiger partial charge in [-0.05, 0) is 61.7 Å². The van der Waals surface area contributed by atoms with Gasteiger partial charge in [0.25, 0.3) is 0 Å². The molecule has 0 amide bonds. The number of pyridine rings is 2. The van der Waals surface area contributed by atoms with Crippen LogP contribution in [0.2, 0.25) is 0 Å². The van der Waals surface area contributed by atoms with Crippen LogP contribution in [0.15, 0.2) is 103 Å². The molecule has 8 rings (SSSR count). The van der Waals surface area contributed by atoms with E-state index in [0.717, 1.165) is 54.7 Å². The fraction of sp³-hybridized carbons (Fsp3) is 0.0312. The van der Waals surface area contributed by atoms with Gasteiger partial charge in [-0.1, -0.05) is 78.9 Å². The molecule has 35 heavy (non-hydrogen) atoms. The Kier molecular flexibility index (Phi) is 3.48. The highest BCUT2D eigenvalue weighted by atomic mass is 16.1. The van der Waals surface area contributed by atoms with Crippen molar-refractivity contribution in [1.82, 2.24) is 9.97 Å². The summed E-state index contributed by atoms with van der Waals surface area (Å²) in [6.45, 7) is 0. The van der Waals surface area contributed by atoms with E-state index in [1.807, 2.05) is 30.3 Å². The molecule has 3 aromatic carbocycles. The number of aromatic nitrogens is 2. The van der Waals surface area contributed by atoms with Crippen LogP contribution in [-0.2, 0) is 5.41 Å². The summed E-state index contributed by atoms with van der Waals surface area (Å²) < 4.78 is 0. The molecule has 0 radical (unpaired) electrons. The molecule has 3 aliphatic rings. The molecule has 162 valence electrons. The van der Waals surface area contributed by atoms with Crippen molar-refractivity contribution in [2.75, 3.05) is 0 Å². The second-order valence-corrected chi connectivity index (χ2v) is 9.30. The Hall–Kier alpha value is -4.63. The first-order chi connectivity index (χ1) is 17.3. The second kappa shape index (κ2) is 6.49. The third kappa shape index (κ3) is 2.14. The largest absolute Gasteiger partial charge is 0.292 e. The molecule has 0 N–H and O–H groups in total. The molecule has 2 heterocycles. The summed E-state index contributed by atoms with van der Waals surface area (Å²) in [7, 11) is 0. The average molecular weight is 447 g/mol. The number of hydrogen-bond acceptors (Lipinski definition) is 3. The monoisotopic (exact) mass is 446 g/mol. The molecule has 2 aromatic heterocycles. The van der Waals surface area contributed by atoms with Gasteiger partial charge in [0, 0.05) is 23.5 Å². The number of Topliss-reactive ketones (excluding diaryl/α,β-unsaturated/α-hetero) is 1. The van der Waals surface area contributed by atoms with E-state index in [9.17, 15) is 4.79 Å². The van der Waals surface area contributed by atoms with Crippen LogP contribution in [0, 0.1) is 0 Å². The number of carbonyl (C=O) groups is 1. The number of hydrogen-bond donors (Lipinski definition) is 0. The van der Waals surface area contributed by atoms with Crippen LogP contribution in [0.25, 0.3) is 39.4 Å². The first kappa shape index (κ1) is 18.8. The van der Waals surface area contributed by atoms with Gasteiger partial charge in [0.1, 0.15) is 11.1 Å². The molecule has 5 aromatic rings. The Morgan fingerprint density at radius 2 is 1.40 bits per heavy atom.